The molecule has 0 fully saturated rings. The van der Waals surface area contributed by atoms with Gasteiger partial charge in [0.05, 0.1) is 0 Å². The van der Waals surface area contributed by atoms with Crippen molar-refractivity contribution in [2.75, 3.05) is 0 Å². The first-order chi connectivity index (χ1) is 10.9. The molecular formula is C19H13NO2. The van der Waals surface area contributed by atoms with Crippen LogP contribution in [-0.2, 0) is 4.79 Å². The molecule has 0 saturated carbocycles. The summed E-state index contributed by atoms with van der Waals surface area (Å²) in [5.41, 5.74) is 2.33. The molecule has 3 nitrogen and oxygen atoms in total. The smallest absolute Gasteiger partial charge is 0.240 e. The number of ether oxygens (including phenoxy) is 1. The lowest BCUT2D eigenvalue weighted by Crippen LogP contribution is -1.89. The predicted molar refractivity (Wildman–Crippen MR) is 86.2 cm³/mol. The summed E-state index contributed by atoms with van der Waals surface area (Å²) in [7, 11) is 0. The first-order valence-corrected chi connectivity index (χ1v) is 6.87. The van der Waals surface area contributed by atoms with Gasteiger partial charge in [0.1, 0.15) is 11.4 Å². The highest BCUT2D eigenvalue weighted by Crippen LogP contribution is 2.40. The normalized spacial score (nSPS) is 9.82. The number of isocyanates is 1. The molecule has 3 aromatic rings. The summed E-state index contributed by atoms with van der Waals surface area (Å²) >= 11 is 0. The Morgan fingerprint density at radius 1 is 0.773 bits per heavy atom. The van der Waals surface area contributed by atoms with Gasteiger partial charge in [0.15, 0.2) is 5.75 Å². The molecule has 22 heavy (non-hydrogen) atoms. The minimum absolute atomic E-state index is 0.459. The van der Waals surface area contributed by atoms with Gasteiger partial charge in [-0.3, -0.25) is 0 Å². The number of hydrogen-bond donors (Lipinski definition) is 0. The number of benzene rings is 3. The topological polar surface area (TPSA) is 38.7 Å². The molecule has 0 aromatic heterocycles. The molecule has 0 amide bonds. The number of carbonyl (C=O) groups excluding carboxylic acids is 1. The summed E-state index contributed by atoms with van der Waals surface area (Å²) in [5.74, 6) is 1.23. The van der Waals surface area contributed by atoms with Gasteiger partial charge in [-0.1, -0.05) is 60.7 Å². The maximum absolute atomic E-state index is 10.7. The molecule has 0 atom stereocenters. The van der Waals surface area contributed by atoms with Crippen molar-refractivity contribution in [1.82, 2.24) is 0 Å². The van der Waals surface area contributed by atoms with Crippen LogP contribution in [0.3, 0.4) is 0 Å². The summed E-state index contributed by atoms with van der Waals surface area (Å²) in [6.45, 7) is 0. The van der Waals surface area contributed by atoms with Crippen LogP contribution in [0, 0.1) is 0 Å². The van der Waals surface area contributed by atoms with Crippen LogP contribution in [0.1, 0.15) is 0 Å². The molecule has 3 aromatic carbocycles. The van der Waals surface area contributed by atoms with E-state index in [1.165, 1.54) is 0 Å². The van der Waals surface area contributed by atoms with E-state index in [1.54, 1.807) is 12.1 Å². The third-order valence-corrected chi connectivity index (χ3v) is 3.21. The van der Waals surface area contributed by atoms with Crippen molar-refractivity contribution in [3.05, 3.63) is 78.9 Å². The molecule has 106 valence electrons. The maximum atomic E-state index is 10.7. The van der Waals surface area contributed by atoms with Crippen LogP contribution in [0.15, 0.2) is 83.9 Å². The van der Waals surface area contributed by atoms with Crippen LogP contribution in [-0.4, -0.2) is 6.08 Å². The Balaban J connectivity index is 2.14. The Kier molecular flexibility index (Phi) is 4.10. The number of para-hydroxylation sites is 2. The third kappa shape index (κ3) is 2.95. The van der Waals surface area contributed by atoms with Crippen LogP contribution in [0.5, 0.6) is 11.5 Å². The lowest BCUT2D eigenvalue weighted by atomic mass is 10.0. The Labute approximate surface area is 128 Å². The summed E-state index contributed by atoms with van der Waals surface area (Å²) in [5, 5.41) is 0. The van der Waals surface area contributed by atoms with Crippen molar-refractivity contribution < 1.29 is 9.53 Å². The molecule has 0 unspecified atom stereocenters. The highest BCUT2D eigenvalue weighted by Gasteiger charge is 2.12. The largest absolute Gasteiger partial charge is 0.454 e. The fourth-order valence-corrected chi connectivity index (χ4v) is 2.22. The third-order valence-electron chi connectivity index (χ3n) is 3.21. The number of hydrogen-bond acceptors (Lipinski definition) is 3. The summed E-state index contributed by atoms with van der Waals surface area (Å²) in [4.78, 5) is 14.4. The lowest BCUT2D eigenvalue weighted by Gasteiger charge is -2.13. The zero-order valence-corrected chi connectivity index (χ0v) is 11.8. The Morgan fingerprint density at radius 3 is 2.14 bits per heavy atom. The molecule has 0 radical (unpaired) electrons. The molecule has 0 heterocycles. The monoisotopic (exact) mass is 287 g/mol. The van der Waals surface area contributed by atoms with E-state index in [2.05, 4.69) is 4.99 Å². The molecule has 0 saturated heterocycles. The maximum Gasteiger partial charge on any atom is 0.240 e. The van der Waals surface area contributed by atoms with Gasteiger partial charge in [-0.15, -0.1) is 0 Å². The average molecular weight is 287 g/mol. The highest BCUT2D eigenvalue weighted by atomic mass is 16.5. The van der Waals surface area contributed by atoms with E-state index >= 15 is 0 Å². The molecule has 3 heteroatoms. The molecule has 0 bridgehead atoms. The molecule has 0 aliphatic heterocycles. The van der Waals surface area contributed by atoms with E-state index in [4.69, 9.17) is 4.74 Å². The molecule has 0 aliphatic rings. The first kappa shape index (κ1) is 13.8. The van der Waals surface area contributed by atoms with Crippen LogP contribution in [0.4, 0.5) is 5.69 Å². The molecule has 0 spiro atoms. The van der Waals surface area contributed by atoms with Gasteiger partial charge >= 0.3 is 0 Å². The zero-order chi connectivity index (χ0) is 15.2. The van der Waals surface area contributed by atoms with Gasteiger partial charge in [0.25, 0.3) is 0 Å². The minimum atomic E-state index is 0.459. The Bertz CT molecular complexity index is 807. The number of rotatable bonds is 4. The van der Waals surface area contributed by atoms with Gasteiger partial charge in [-0.25, -0.2) is 4.79 Å². The summed E-state index contributed by atoms with van der Waals surface area (Å²) < 4.78 is 5.97. The van der Waals surface area contributed by atoms with Gasteiger partial charge in [-0.2, -0.15) is 4.99 Å². The van der Waals surface area contributed by atoms with E-state index in [0.29, 0.717) is 17.2 Å². The van der Waals surface area contributed by atoms with Crippen molar-refractivity contribution in [2.45, 2.75) is 0 Å². The van der Waals surface area contributed by atoms with Crippen molar-refractivity contribution in [3.63, 3.8) is 0 Å². The molecule has 3 rings (SSSR count). The van der Waals surface area contributed by atoms with Crippen LogP contribution in [0.25, 0.3) is 11.1 Å². The second-order valence-electron chi connectivity index (χ2n) is 4.64. The second-order valence-corrected chi connectivity index (χ2v) is 4.64. The zero-order valence-electron chi connectivity index (χ0n) is 11.8. The van der Waals surface area contributed by atoms with Gasteiger partial charge < -0.3 is 4.74 Å². The number of aliphatic imine (C=N–C) groups is 1. The van der Waals surface area contributed by atoms with E-state index in [9.17, 15) is 4.79 Å². The molecular weight excluding hydrogens is 274 g/mol. The fraction of sp³-hybridized carbons (Fsp3) is 0. The van der Waals surface area contributed by atoms with Crippen molar-refractivity contribution in [2.24, 2.45) is 4.99 Å². The molecule has 0 aliphatic carbocycles. The average Bonchev–Trinajstić information content (AvgIpc) is 2.58. The quantitative estimate of drug-likeness (QED) is 0.494. The Hall–Kier alpha value is -3.16. The van der Waals surface area contributed by atoms with Crippen LogP contribution < -0.4 is 4.74 Å². The van der Waals surface area contributed by atoms with E-state index in [0.717, 1.165) is 11.1 Å². The van der Waals surface area contributed by atoms with Crippen molar-refractivity contribution in [1.29, 1.82) is 0 Å². The summed E-state index contributed by atoms with van der Waals surface area (Å²) in [6, 6.07) is 24.8. The SMILES string of the molecule is O=C=Nc1cccc(-c2ccccc2)c1Oc1ccccc1. The standard InChI is InChI=1S/C19H13NO2/c21-14-20-18-13-7-12-17(15-8-3-1-4-9-15)19(18)22-16-10-5-2-6-11-16/h1-13H. The summed E-state index contributed by atoms with van der Waals surface area (Å²) in [6.07, 6.45) is 1.58. The minimum Gasteiger partial charge on any atom is -0.454 e. The first-order valence-electron chi connectivity index (χ1n) is 6.87. The van der Waals surface area contributed by atoms with Gasteiger partial charge in [-0.05, 0) is 23.8 Å². The van der Waals surface area contributed by atoms with E-state index in [-0.39, 0.29) is 0 Å². The highest BCUT2D eigenvalue weighted by molar-refractivity contribution is 5.78. The molecule has 0 N–H and O–H groups in total. The van der Waals surface area contributed by atoms with Gasteiger partial charge in [0, 0.05) is 5.56 Å². The van der Waals surface area contributed by atoms with Crippen molar-refractivity contribution in [3.8, 4) is 22.6 Å². The van der Waals surface area contributed by atoms with E-state index < -0.39 is 0 Å². The van der Waals surface area contributed by atoms with Crippen LogP contribution >= 0.6 is 0 Å². The van der Waals surface area contributed by atoms with Crippen molar-refractivity contribution >= 4 is 11.8 Å². The Morgan fingerprint density at radius 2 is 1.45 bits per heavy atom. The van der Waals surface area contributed by atoms with E-state index in [1.807, 2.05) is 72.8 Å². The fourth-order valence-electron chi connectivity index (χ4n) is 2.22. The second kappa shape index (κ2) is 6.53. The number of nitrogens with zero attached hydrogens (tertiary/aromatic N) is 1. The van der Waals surface area contributed by atoms with Crippen LogP contribution in [0.2, 0.25) is 0 Å². The van der Waals surface area contributed by atoms with Gasteiger partial charge in [0.2, 0.25) is 6.08 Å². The predicted octanol–water partition coefficient (Wildman–Crippen LogP) is 5.11. The lowest BCUT2D eigenvalue weighted by molar-refractivity contribution is 0.485.